The number of amides is 2. The molecule has 0 saturated heterocycles. The summed E-state index contributed by atoms with van der Waals surface area (Å²) in [5.74, 6) is 0.115. The van der Waals surface area contributed by atoms with E-state index < -0.39 is 0 Å². The molecule has 0 aliphatic carbocycles. The number of nitrogens with one attached hydrogen (secondary N) is 2. The molecule has 2 N–H and O–H groups in total. The smallest absolute Gasteiger partial charge is 0.256 e. The second-order valence-corrected chi connectivity index (χ2v) is 7.60. The quantitative estimate of drug-likeness (QED) is 0.512. The highest BCUT2D eigenvalue weighted by molar-refractivity contribution is 6.13. The van der Waals surface area contributed by atoms with Crippen molar-refractivity contribution >= 4 is 28.5 Å². The molecule has 0 aliphatic heterocycles. The van der Waals surface area contributed by atoms with E-state index in [9.17, 15) is 9.59 Å². The van der Waals surface area contributed by atoms with Gasteiger partial charge in [-0.15, -0.1) is 0 Å². The van der Waals surface area contributed by atoms with Crippen molar-refractivity contribution < 1.29 is 14.0 Å². The van der Waals surface area contributed by atoms with E-state index in [1.807, 2.05) is 20.8 Å². The Bertz CT molecular complexity index is 1250. The highest BCUT2D eigenvalue weighted by Gasteiger charge is 2.20. The zero-order valence-corrected chi connectivity index (χ0v) is 17.8. The van der Waals surface area contributed by atoms with E-state index in [0.29, 0.717) is 45.0 Å². The van der Waals surface area contributed by atoms with Gasteiger partial charge in [0.2, 0.25) is 0 Å². The molecule has 0 aliphatic rings. The summed E-state index contributed by atoms with van der Waals surface area (Å²) in [6, 6.07) is 12.1. The molecule has 0 unspecified atom stereocenters. The van der Waals surface area contributed by atoms with Crippen LogP contribution in [0.3, 0.4) is 0 Å². The van der Waals surface area contributed by atoms with Gasteiger partial charge in [-0.05, 0) is 63.2 Å². The number of hydrogen-bond acceptors (Lipinski definition) is 5. The molecule has 2 amide bonds. The van der Waals surface area contributed by atoms with E-state index in [2.05, 4.69) is 20.7 Å². The zero-order chi connectivity index (χ0) is 22.1. The largest absolute Gasteiger partial charge is 0.463 e. The molecule has 3 aromatic heterocycles. The van der Waals surface area contributed by atoms with Gasteiger partial charge in [-0.3, -0.25) is 14.3 Å². The summed E-state index contributed by atoms with van der Waals surface area (Å²) < 4.78 is 7.12. The monoisotopic (exact) mass is 417 g/mol. The van der Waals surface area contributed by atoms with Crippen molar-refractivity contribution in [3.8, 4) is 11.5 Å². The van der Waals surface area contributed by atoms with Crippen LogP contribution in [0.15, 0.2) is 53.1 Å². The summed E-state index contributed by atoms with van der Waals surface area (Å²) in [6.07, 6.45) is 1.56. The lowest BCUT2D eigenvalue weighted by Gasteiger charge is -2.10. The molecule has 8 heteroatoms. The van der Waals surface area contributed by atoms with E-state index in [1.54, 1.807) is 60.5 Å². The average Bonchev–Trinajstić information content (AvgIpc) is 3.36. The van der Waals surface area contributed by atoms with Crippen molar-refractivity contribution in [1.29, 1.82) is 0 Å². The zero-order valence-electron chi connectivity index (χ0n) is 17.8. The van der Waals surface area contributed by atoms with Crippen LogP contribution in [0.1, 0.15) is 40.3 Å². The van der Waals surface area contributed by atoms with Crippen molar-refractivity contribution in [1.82, 2.24) is 20.1 Å². The molecule has 0 bridgehead atoms. The Labute approximate surface area is 179 Å². The van der Waals surface area contributed by atoms with E-state index in [1.165, 1.54) is 0 Å². The number of furan rings is 1. The van der Waals surface area contributed by atoms with E-state index in [4.69, 9.17) is 4.42 Å². The van der Waals surface area contributed by atoms with E-state index >= 15 is 0 Å². The van der Waals surface area contributed by atoms with Crippen molar-refractivity contribution in [2.45, 2.75) is 26.8 Å². The summed E-state index contributed by atoms with van der Waals surface area (Å²) in [7, 11) is 1.79. The summed E-state index contributed by atoms with van der Waals surface area (Å²) in [4.78, 5) is 29.9. The first-order chi connectivity index (χ1) is 14.8. The van der Waals surface area contributed by atoms with Crippen LogP contribution in [0.5, 0.6) is 0 Å². The number of nitrogens with zero attached hydrogens (tertiary/aromatic N) is 3. The van der Waals surface area contributed by atoms with Crippen LogP contribution in [0.25, 0.3) is 22.5 Å². The summed E-state index contributed by atoms with van der Waals surface area (Å²) in [6.45, 7) is 5.65. The number of hydrogen-bond donors (Lipinski definition) is 2. The molecule has 0 saturated carbocycles. The number of carbonyl (C=O) groups excluding carboxylic acids is 2. The third-order valence-electron chi connectivity index (χ3n) is 4.81. The molecular formula is C23H23N5O3. The van der Waals surface area contributed by atoms with E-state index in [0.717, 1.165) is 0 Å². The molecule has 0 radical (unpaired) electrons. The minimum atomic E-state index is -0.296. The molecule has 158 valence electrons. The van der Waals surface area contributed by atoms with Gasteiger partial charge in [-0.25, -0.2) is 4.98 Å². The number of benzene rings is 1. The van der Waals surface area contributed by atoms with Crippen LogP contribution in [-0.2, 0) is 7.05 Å². The predicted octanol–water partition coefficient (Wildman–Crippen LogP) is 3.93. The van der Waals surface area contributed by atoms with Crippen LogP contribution < -0.4 is 10.6 Å². The minimum absolute atomic E-state index is 0.0482. The fourth-order valence-electron chi connectivity index (χ4n) is 3.42. The van der Waals surface area contributed by atoms with Gasteiger partial charge in [-0.2, -0.15) is 5.10 Å². The first-order valence-corrected chi connectivity index (χ1v) is 9.94. The van der Waals surface area contributed by atoms with Gasteiger partial charge in [0.15, 0.2) is 11.4 Å². The molecule has 0 atom stereocenters. The van der Waals surface area contributed by atoms with Gasteiger partial charge in [0, 0.05) is 24.3 Å². The first kappa shape index (κ1) is 20.3. The molecule has 0 fully saturated rings. The number of aryl methyl sites for hydroxylation is 2. The highest BCUT2D eigenvalue weighted by atomic mass is 16.3. The lowest BCUT2D eigenvalue weighted by atomic mass is 10.1. The predicted molar refractivity (Wildman–Crippen MR) is 118 cm³/mol. The van der Waals surface area contributed by atoms with Crippen LogP contribution in [-0.4, -0.2) is 32.6 Å². The van der Waals surface area contributed by atoms with E-state index in [-0.39, 0.29) is 17.9 Å². The Hall–Kier alpha value is -3.94. The molecule has 4 rings (SSSR count). The van der Waals surface area contributed by atoms with Crippen LogP contribution in [0, 0.1) is 6.92 Å². The number of fused-ring (bicyclic) bond motifs is 1. The summed E-state index contributed by atoms with van der Waals surface area (Å²) in [5, 5.41) is 10.8. The second-order valence-electron chi connectivity index (χ2n) is 7.60. The maximum atomic E-state index is 13.2. The molecule has 8 nitrogen and oxygen atoms in total. The molecule has 3 heterocycles. The third-order valence-corrected chi connectivity index (χ3v) is 4.81. The number of anilines is 1. The van der Waals surface area contributed by atoms with Crippen LogP contribution in [0.4, 0.5) is 5.69 Å². The molecule has 31 heavy (non-hydrogen) atoms. The van der Waals surface area contributed by atoms with Gasteiger partial charge < -0.3 is 15.1 Å². The van der Waals surface area contributed by atoms with Crippen molar-refractivity contribution in [2.75, 3.05) is 5.32 Å². The third kappa shape index (κ3) is 4.05. The Kier molecular flexibility index (Phi) is 5.29. The Morgan fingerprint density at radius 1 is 1.10 bits per heavy atom. The number of carbonyl (C=O) groups is 2. The van der Waals surface area contributed by atoms with Crippen LogP contribution in [0.2, 0.25) is 0 Å². The topological polar surface area (TPSA) is 102 Å². The Morgan fingerprint density at radius 2 is 1.84 bits per heavy atom. The SMILES string of the molecule is Cc1nn(C)c2nc(-c3ccco3)cc(C(=O)Nc3ccc(C(=O)NC(C)C)cc3)c12. The van der Waals surface area contributed by atoms with Gasteiger partial charge in [0.05, 0.1) is 22.9 Å². The second kappa shape index (κ2) is 8.06. The highest BCUT2D eigenvalue weighted by Crippen LogP contribution is 2.27. The van der Waals surface area contributed by atoms with Gasteiger partial charge >= 0.3 is 0 Å². The maximum absolute atomic E-state index is 13.2. The van der Waals surface area contributed by atoms with Crippen molar-refractivity contribution in [3.05, 3.63) is 65.5 Å². The Balaban J connectivity index is 1.67. The standard InChI is InChI=1S/C23H23N5O3/c1-13(2)24-22(29)15-7-9-16(10-8-15)25-23(30)17-12-18(19-6-5-11-31-19)26-21-20(17)14(3)27-28(21)4/h5-13H,1-4H3,(H,24,29)(H,25,30). The van der Waals surface area contributed by atoms with Crippen molar-refractivity contribution in [3.63, 3.8) is 0 Å². The Morgan fingerprint density at radius 3 is 2.48 bits per heavy atom. The molecule has 1 aromatic carbocycles. The molecular weight excluding hydrogens is 394 g/mol. The van der Waals surface area contributed by atoms with Gasteiger partial charge in [-0.1, -0.05) is 0 Å². The average molecular weight is 417 g/mol. The number of aromatic nitrogens is 3. The fourth-order valence-corrected chi connectivity index (χ4v) is 3.42. The normalized spacial score (nSPS) is 11.1. The summed E-state index contributed by atoms with van der Waals surface area (Å²) >= 11 is 0. The number of rotatable bonds is 5. The molecule has 4 aromatic rings. The fraction of sp³-hybridized carbons (Fsp3) is 0.217. The maximum Gasteiger partial charge on any atom is 0.256 e. The minimum Gasteiger partial charge on any atom is -0.463 e. The van der Waals surface area contributed by atoms with Crippen LogP contribution >= 0.6 is 0 Å². The lowest BCUT2D eigenvalue weighted by Crippen LogP contribution is -2.30. The van der Waals surface area contributed by atoms with Gasteiger partial charge in [0.25, 0.3) is 11.8 Å². The lowest BCUT2D eigenvalue weighted by molar-refractivity contribution is 0.0942. The summed E-state index contributed by atoms with van der Waals surface area (Å²) in [5.41, 5.74) is 3.41. The first-order valence-electron chi connectivity index (χ1n) is 9.94. The number of pyridine rings is 1. The van der Waals surface area contributed by atoms with Gasteiger partial charge in [0.1, 0.15) is 5.69 Å². The molecule has 0 spiro atoms. The van der Waals surface area contributed by atoms with Crippen molar-refractivity contribution in [2.24, 2.45) is 7.05 Å².